The van der Waals surface area contributed by atoms with E-state index in [1.54, 1.807) is 7.11 Å². The first-order valence-corrected chi connectivity index (χ1v) is 7.08. The first kappa shape index (κ1) is 20.7. The minimum absolute atomic E-state index is 0.318. The lowest BCUT2D eigenvalue weighted by atomic mass is 9.93. The van der Waals surface area contributed by atoms with E-state index in [2.05, 4.69) is 30.8 Å². The maximum Gasteiger partial charge on any atom is 0.293 e. The molecule has 0 spiro atoms. The molecule has 0 amide bonds. The summed E-state index contributed by atoms with van der Waals surface area (Å²) < 4.78 is 9.96. The molecule has 1 N–H and O–H groups in total. The summed E-state index contributed by atoms with van der Waals surface area (Å²) in [5, 5.41) is 3.33. The lowest BCUT2D eigenvalue weighted by molar-refractivity contribution is -0.138. The van der Waals surface area contributed by atoms with Gasteiger partial charge in [-0.1, -0.05) is 27.2 Å². The molecule has 0 aromatic carbocycles. The van der Waals surface area contributed by atoms with Crippen molar-refractivity contribution < 1.29 is 14.3 Å². The Morgan fingerprint density at radius 3 is 1.89 bits per heavy atom. The zero-order chi connectivity index (χ0) is 15.5. The van der Waals surface area contributed by atoms with Gasteiger partial charge in [0.15, 0.2) is 0 Å². The Balaban J connectivity index is 0. The molecule has 0 aromatic rings. The second-order valence-corrected chi connectivity index (χ2v) is 5.71. The summed E-state index contributed by atoms with van der Waals surface area (Å²) in [5.74, 6) is 0.680. The van der Waals surface area contributed by atoms with Gasteiger partial charge in [-0.25, -0.2) is 0 Å². The molecule has 19 heavy (non-hydrogen) atoms. The fraction of sp³-hybridized carbons (Fsp3) is 0.933. The fourth-order valence-corrected chi connectivity index (χ4v) is 1.80. The van der Waals surface area contributed by atoms with Gasteiger partial charge in [-0.2, -0.15) is 0 Å². The molecule has 0 aliphatic rings. The van der Waals surface area contributed by atoms with E-state index in [-0.39, 0.29) is 5.60 Å². The van der Waals surface area contributed by atoms with Crippen LogP contribution in [0.5, 0.6) is 0 Å². The Bertz CT molecular complexity index is 210. The number of carbonyl (C=O) groups excluding carboxylic acids is 1. The minimum Gasteiger partial charge on any atom is -0.462 e. The number of nitrogens with one attached hydrogen (secondary N) is 1. The number of hydrogen-bond acceptors (Lipinski definition) is 4. The number of ether oxygens (including phenoxy) is 2. The van der Waals surface area contributed by atoms with Crippen molar-refractivity contribution in [2.45, 2.75) is 72.1 Å². The Hall–Kier alpha value is -0.610. The molecule has 0 saturated heterocycles. The third-order valence-electron chi connectivity index (χ3n) is 3.10. The Morgan fingerprint density at radius 1 is 1.21 bits per heavy atom. The summed E-state index contributed by atoms with van der Waals surface area (Å²) in [6, 6.07) is 0.491. The van der Waals surface area contributed by atoms with Crippen molar-refractivity contribution in [2.24, 2.45) is 5.92 Å². The van der Waals surface area contributed by atoms with Gasteiger partial charge >= 0.3 is 0 Å². The molecule has 3 unspecified atom stereocenters. The molecule has 0 radical (unpaired) electrons. The SMILES string of the molecule is CC(C)(C)OC=O.CCC(C)C(NC)C(CC)OC. The van der Waals surface area contributed by atoms with Gasteiger partial charge in [0, 0.05) is 13.2 Å². The molecular weight excluding hydrogens is 242 g/mol. The predicted octanol–water partition coefficient (Wildman–Crippen LogP) is 3.00. The molecule has 4 heteroatoms. The quantitative estimate of drug-likeness (QED) is 0.726. The van der Waals surface area contributed by atoms with E-state index in [4.69, 9.17) is 4.74 Å². The molecule has 0 aliphatic heterocycles. The standard InChI is InChI=1S/C10H23NO.C5H10O2/c1-6-8(3)10(11-4)9(7-2)12-5;1-5(2,3)7-4-6/h8-11H,6-7H2,1-5H3;4H,1-3H3. The van der Waals surface area contributed by atoms with E-state index >= 15 is 0 Å². The number of methoxy groups -OCH3 is 1. The highest BCUT2D eigenvalue weighted by Gasteiger charge is 2.22. The van der Waals surface area contributed by atoms with Crippen LogP contribution < -0.4 is 5.32 Å². The molecule has 0 rings (SSSR count). The summed E-state index contributed by atoms with van der Waals surface area (Å²) in [7, 11) is 3.80. The molecule has 3 atom stereocenters. The van der Waals surface area contributed by atoms with Crippen LogP contribution in [0, 0.1) is 5.92 Å². The smallest absolute Gasteiger partial charge is 0.293 e. The maximum absolute atomic E-state index is 9.60. The minimum atomic E-state index is -0.318. The van der Waals surface area contributed by atoms with Crippen molar-refractivity contribution in [1.29, 1.82) is 0 Å². The molecule has 0 aromatic heterocycles. The summed E-state index contributed by atoms with van der Waals surface area (Å²) in [5.41, 5.74) is -0.318. The van der Waals surface area contributed by atoms with E-state index in [1.165, 1.54) is 6.42 Å². The molecule has 0 bridgehead atoms. The maximum atomic E-state index is 9.60. The van der Waals surface area contributed by atoms with E-state index in [0.29, 0.717) is 24.5 Å². The van der Waals surface area contributed by atoms with Crippen LogP contribution in [0.25, 0.3) is 0 Å². The van der Waals surface area contributed by atoms with Crippen LogP contribution in [0.3, 0.4) is 0 Å². The van der Waals surface area contributed by atoms with Crippen molar-refractivity contribution in [2.75, 3.05) is 14.2 Å². The van der Waals surface area contributed by atoms with Gasteiger partial charge in [-0.05, 0) is 40.2 Å². The zero-order valence-corrected chi connectivity index (χ0v) is 13.9. The van der Waals surface area contributed by atoms with Gasteiger partial charge in [-0.3, -0.25) is 4.79 Å². The first-order chi connectivity index (χ1) is 8.77. The summed E-state index contributed by atoms with van der Waals surface area (Å²) >= 11 is 0. The average molecular weight is 275 g/mol. The topological polar surface area (TPSA) is 47.6 Å². The summed E-state index contributed by atoms with van der Waals surface area (Å²) in [6.45, 7) is 12.6. The van der Waals surface area contributed by atoms with Crippen LogP contribution in [-0.4, -0.2) is 38.4 Å². The van der Waals surface area contributed by atoms with Gasteiger partial charge in [-0.15, -0.1) is 0 Å². The summed E-state index contributed by atoms with van der Waals surface area (Å²) in [6.07, 6.45) is 2.63. The van der Waals surface area contributed by atoms with Gasteiger partial charge in [0.2, 0.25) is 0 Å². The highest BCUT2D eigenvalue weighted by molar-refractivity contribution is 5.37. The molecular formula is C15H33NO3. The molecule has 4 nitrogen and oxygen atoms in total. The second-order valence-electron chi connectivity index (χ2n) is 5.71. The fourth-order valence-electron chi connectivity index (χ4n) is 1.80. The van der Waals surface area contributed by atoms with Crippen molar-refractivity contribution in [3.63, 3.8) is 0 Å². The van der Waals surface area contributed by atoms with E-state index in [1.807, 2.05) is 27.8 Å². The Morgan fingerprint density at radius 2 is 1.74 bits per heavy atom. The number of hydrogen-bond donors (Lipinski definition) is 1. The Labute approximate surface area is 119 Å². The molecule has 0 saturated carbocycles. The van der Waals surface area contributed by atoms with E-state index in [0.717, 1.165) is 6.42 Å². The van der Waals surface area contributed by atoms with Crippen LogP contribution >= 0.6 is 0 Å². The van der Waals surface area contributed by atoms with Crippen LogP contribution in [0.2, 0.25) is 0 Å². The van der Waals surface area contributed by atoms with Gasteiger partial charge in [0.05, 0.1) is 6.10 Å². The van der Waals surface area contributed by atoms with Crippen LogP contribution in [-0.2, 0) is 14.3 Å². The molecule has 116 valence electrons. The third-order valence-corrected chi connectivity index (χ3v) is 3.10. The Kier molecular flexibility index (Phi) is 12.2. The molecule has 0 aliphatic carbocycles. The lowest BCUT2D eigenvalue weighted by Crippen LogP contribution is -2.43. The lowest BCUT2D eigenvalue weighted by Gasteiger charge is -2.29. The van der Waals surface area contributed by atoms with Gasteiger partial charge in [0.25, 0.3) is 6.47 Å². The van der Waals surface area contributed by atoms with Crippen LogP contribution in [0.15, 0.2) is 0 Å². The van der Waals surface area contributed by atoms with Crippen LogP contribution in [0.1, 0.15) is 54.4 Å². The summed E-state index contributed by atoms with van der Waals surface area (Å²) in [4.78, 5) is 9.60. The van der Waals surface area contributed by atoms with Crippen molar-refractivity contribution in [3.8, 4) is 0 Å². The number of carbonyl (C=O) groups is 1. The highest BCUT2D eigenvalue weighted by Crippen LogP contribution is 2.15. The van der Waals surface area contributed by atoms with Crippen molar-refractivity contribution in [1.82, 2.24) is 5.32 Å². The molecule has 0 fully saturated rings. The molecule has 0 heterocycles. The monoisotopic (exact) mass is 275 g/mol. The van der Waals surface area contributed by atoms with E-state index in [9.17, 15) is 4.79 Å². The van der Waals surface area contributed by atoms with Crippen molar-refractivity contribution >= 4 is 6.47 Å². The second kappa shape index (κ2) is 11.2. The normalized spacial score (nSPS) is 15.8. The van der Waals surface area contributed by atoms with Crippen LogP contribution in [0.4, 0.5) is 0 Å². The number of likely N-dealkylation sites (N-methyl/N-ethyl adjacent to an activating group) is 1. The third kappa shape index (κ3) is 11.0. The van der Waals surface area contributed by atoms with Crippen molar-refractivity contribution in [3.05, 3.63) is 0 Å². The first-order valence-electron chi connectivity index (χ1n) is 7.08. The zero-order valence-electron chi connectivity index (χ0n) is 13.9. The highest BCUT2D eigenvalue weighted by atomic mass is 16.5. The van der Waals surface area contributed by atoms with Gasteiger partial charge < -0.3 is 14.8 Å². The average Bonchev–Trinajstić information content (AvgIpc) is 2.34. The largest absolute Gasteiger partial charge is 0.462 e. The predicted molar refractivity (Wildman–Crippen MR) is 80.3 cm³/mol. The van der Waals surface area contributed by atoms with E-state index < -0.39 is 0 Å². The number of rotatable bonds is 7. The van der Waals surface area contributed by atoms with Gasteiger partial charge in [0.1, 0.15) is 5.60 Å².